The summed E-state index contributed by atoms with van der Waals surface area (Å²) in [5, 5.41) is 9.09. The van der Waals surface area contributed by atoms with E-state index in [9.17, 15) is 13.2 Å². The molecule has 0 aliphatic carbocycles. The van der Waals surface area contributed by atoms with Gasteiger partial charge in [-0.15, -0.1) is 12.4 Å². The first kappa shape index (κ1) is 19.2. The lowest BCUT2D eigenvalue weighted by Gasteiger charge is -2.23. The molecule has 0 heterocycles. The third-order valence-electron chi connectivity index (χ3n) is 2.36. The minimum absolute atomic E-state index is 0. The second kappa shape index (κ2) is 6.80. The second-order valence-electron chi connectivity index (χ2n) is 5.30. The van der Waals surface area contributed by atoms with Gasteiger partial charge >= 0.3 is 6.18 Å². The fourth-order valence-corrected chi connectivity index (χ4v) is 2.34. The molecule has 0 fully saturated rings. The van der Waals surface area contributed by atoms with E-state index in [4.69, 9.17) is 15.3 Å². The van der Waals surface area contributed by atoms with Crippen LogP contribution in [-0.2, 0) is 0 Å². The van der Waals surface area contributed by atoms with Gasteiger partial charge in [0, 0.05) is 0 Å². The topological polar surface area (TPSA) is 55.5 Å². The first-order chi connectivity index (χ1) is 8.50. The Kier molecular flexibility index (Phi) is 6.54. The molecule has 0 radical (unpaired) electrons. The molecule has 116 valence electrons. The summed E-state index contributed by atoms with van der Waals surface area (Å²) in [6.45, 7) is 6.00. The summed E-state index contributed by atoms with van der Waals surface area (Å²) in [5.41, 5.74) is 5.62. The SMILES string of the molecule is C[Si](C)(C)Oc1ccc([C@@H](N)[C@@H](O)C(F)(F)F)cc1.Cl. The Balaban J connectivity index is 0.00000361. The normalized spacial score (nSPS) is 15.2. The molecule has 0 saturated heterocycles. The van der Waals surface area contributed by atoms with E-state index in [0.717, 1.165) is 0 Å². The highest BCUT2D eigenvalue weighted by Gasteiger charge is 2.42. The molecule has 0 aromatic heterocycles. The predicted molar refractivity (Wildman–Crippen MR) is 76.7 cm³/mol. The largest absolute Gasteiger partial charge is 0.544 e. The summed E-state index contributed by atoms with van der Waals surface area (Å²) >= 11 is 0. The van der Waals surface area contributed by atoms with Crippen molar-refractivity contribution in [2.45, 2.75) is 38.0 Å². The maximum absolute atomic E-state index is 12.3. The number of halogens is 4. The van der Waals surface area contributed by atoms with Crippen molar-refractivity contribution < 1.29 is 22.7 Å². The lowest BCUT2D eigenvalue weighted by Crippen LogP contribution is -2.38. The highest BCUT2D eigenvalue weighted by Crippen LogP contribution is 2.29. The van der Waals surface area contributed by atoms with E-state index < -0.39 is 26.6 Å². The Labute approximate surface area is 123 Å². The van der Waals surface area contributed by atoms with Crippen molar-refractivity contribution >= 4 is 20.7 Å². The summed E-state index contributed by atoms with van der Waals surface area (Å²) in [7, 11) is -1.75. The highest BCUT2D eigenvalue weighted by molar-refractivity contribution is 6.70. The Morgan fingerprint density at radius 3 is 1.95 bits per heavy atom. The minimum atomic E-state index is -4.73. The molecule has 0 aliphatic rings. The van der Waals surface area contributed by atoms with E-state index in [1.165, 1.54) is 12.1 Å². The maximum atomic E-state index is 12.3. The van der Waals surface area contributed by atoms with Gasteiger partial charge in [0.1, 0.15) is 5.75 Å². The number of rotatable bonds is 4. The summed E-state index contributed by atoms with van der Waals surface area (Å²) in [6, 6.07) is 4.51. The van der Waals surface area contributed by atoms with E-state index in [2.05, 4.69) is 0 Å². The number of nitrogens with two attached hydrogens (primary N) is 1. The maximum Gasteiger partial charge on any atom is 0.416 e. The van der Waals surface area contributed by atoms with Crippen molar-refractivity contribution in [1.82, 2.24) is 0 Å². The van der Waals surface area contributed by atoms with Gasteiger partial charge in [-0.1, -0.05) is 12.1 Å². The quantitative estimate of drug-likeness (QED) is 0.834. The molecule has 1 aromatic rings. The van der Waals surface area contributed by atoms with Crippen LogP contribution in [0.3, 0.4) is 0 Å². The van der Waals surface area contributed by atoms with E-state index in [1.807, 2.05) is 19.6 Å². The zero-order valence-corrected chi connectivity index (χ0v) is 13.3. The number of hydrogen-bond acceptors (Lipinski definition) is 3. The summed E-state index contributed by atoms with van der Waals surface area (Å²) in [4.78, 5) is 0. The van der Waals surface area contributed by atoms with Crippen molar-refractivity contribution in [3.8, 4) is 5.75 Å². The Bertz CT molecular complexity index is 420. The molecular formula is C12H19ClF3NO2Si. The van der Waals surface area contributed by atoms with Gasteiger partial charge in [-0.2, -0.15) is 13.2 Å². The van der Waals surface area contributed by atoms with Crippen LogP contribution in [0.1, 0.15) is 11.6 Å². The lowest BCUT2D eigenvalue weighted by molar-refractivity contribution is -0.210. The van der Waals surface area contributed by atoms with Crippen LogP contribution in [-0.4, -0.2) is 25.7 Å². The standard InChI is InChI=1S/C12H18F3NO2Si.ClH/c1-19(2,3)18-9-6-4-8(5-7-9)10(16)11(17)12(13,14)15;/h4-7,10-11,17H,16H2,1-3H3;1H/t10-,11-;/m1./s1. The van der Waals surface area contributed by atoms with Gasteiger partial charge in [0.2, 0.25) is 8.32 Å². The molecule has 3 nitrogen and oxygen atoms in total. The fourth-order valence-electron chi connectivity index (χ4n) is 1.50. The first-order valence-corrected chi connectivity index (χ1v) is 9.21. The second-order valence-corrected chi connectivity index (χ2v) is 9.72. The van der Waals surface area contributed by atoms with Crippen LogP contribution in [0.15, 0.2) is 24.3 Å². The van der Waals surface area contributed by atoms with Crippen LogP contribution in [0.2, 0.25) is 19.6 Å². The van der Waals surface area contributed by atoms with Gasteiger partial charge < -0.3 is 15.3 Å². The van der Waals surface area contributed by atoms with Crippen molar-refractivity contribution in [3.05, 3.63) is 29.8 Å². The van der Waals surface area contributed by atoms with Gasteiger partial charge in [-0.05, 0) is 37.3 Å². The molecule has 0 bridgehead atoms. The van der Waals surface area contributed by atoms with Gasteiger partial charge in [0.25, 0.3) is 0 Å². The number of benzene rings is 1. The Morgan fingerprint density at radius 1 is 1.15 bits per heavy atom. The summed E-state index contributed by atoms with van der Waals surface area (Å²) in [6.07, 6.45) is -7.30. The lowest BCUT2D eigenvalue weighted by atomic mass is 10.0. The molecule has 1 aromatic carbocycles. The number of alkyl halides is 3. The number of aliphatic hydroxyl groups is 1. The zero-order chi connectivity index (χ0) is 14.8. The predicted octanol–water partition coefficient (Wildman–Crippen LogP) is 3.25. The average molecular weight is 330 g/mol. The highest BCUT2D eigenvalue weighted by atomic mass is 35.5. The summed E-state index contributed by atoms with van der Waals surface area (Å²) in [5.74, 6) is 0.594. The van der Waals surface area contributed by atoms with Crippen molar-refractivity contribution in [1.29, 1.82) is 0 Å². The number of hydrogen-bond donors (Lipinski definition) is 2. The van der Waals surface area contributed by atoms with Gasteiger partial charge in [-0.25, -0.2) is 0 Å². The fraction of sp³-hybridized carbons (Fsp3) is 0.500. The van der Waals surface area contributed by atoms with Crippen LogP contribution >= 0.6 is 12.4 Å². The van der Waals surface area contributed by atoms with Crippen LogP contribution in [0.4, 0.5) is 13.2 Å². The molecule has 3 N–H and O–H groups in total. The van der Waals surface area contributed by atoms with Crippen LogP contribution in [0, 0.1) is 0 Å². The molecular weight excluding hydrogens is 311 g/mol. The molecule has 1 rings (SSSR count). The molecule has 2 atom stereocenters. The van der Waals surface area contributed by atoms with E-state index in [1.54, 1.807) is 12.1 Å². The van der Waals surface area contributed by atoms with Crippen LogP contribution in [0.25, 0.3) is 0 Å². The molecule has 0 spiro atoms. The first-order valence-electron chi connectivity index (χ1n) is 5.80. The van der Waals surface area contributed by atoms with Gasteiger partial charge in [0.15, 0.2) is 6.10 Å². The smallest absolute Gasteiger partial charge is 0.416 e. The van der Waals surface area contributed by atoms with Crippen molar-refractivity contribution in [2.75, 3.05) is 0 Å². The minimum Gasteiger partial charge on any atom is -0.544 e. The zero-order valence-electron chi connectivity index (χ0n) is 11.4. The third-order valence-corrected chi connectivity index (χ3v) is 3.21. The van der Waals surface area contributed by atoms with Crippen LogP contribution < -0.4 is 10.2 Å². The molecule has 0 unspecified atom stereocenters. The molecule has 0 saturated carbocycles. The third kappa shape index (κ3) is 5.70. The Hall–Kier alpha value is -0.763. The molecule has 0 aliphatic heterocycles. The molecule has 8 heteroatoms. The molecule has 0 amide bonds. The van der Waals surface area contributed by atoms with E-state index in [0.29, 0.717) is 5.75 Å². The van der Waals surface area contributed by atoms with E-state index in [-0.39, 0.29) is 18.0 Å². The van der Waals surface area contributed by atoms with Crippen molar-refractivity contribution in [3.63, 3.8) is 0 Å². The van der Waals surface area contributed by atoms with E-state index >= 15 is 0 Å². The number of aliphatic hydroxyl groups excluding tert-OH is 1. The monoisotopic (exact) mass is 329 g/mol. The average Bonchev–Trinajstić information content (AvgIpc) is 2.24. The summed E-state index contributed by atoms with van der Waals surface area (Å²) < 4.78 is 42.7. The Morgan fingerprint density at radius 2 is 1.60 bits per heavy atom. The van der Waals surface area contributed by atoms with Gasteiger partial charge in [-0.3, -0.25) is 0 Å². The molecule has 20 heavy (non-hydrogen) atoms. The van der Waals surface area contributed by atoms with Gasteiger partial charge in [0.05, 0.1) is 6.04 Å². The van der Waals surface area contributed by atoms with Crippen LogP contribution in [0.5, 0.6) is 5.75 Å². The van der Waals surface area contributed by atoms with Crippen molar-refractivity contribution in [2.24, 2.45) is 5.73 Å².